The van der Waals surface area contributed by atoms with Crippen LogP contribution in [0, 0.1) is 5.92 Å². The Labute approximate surface area is 419 Å². The second-order valence-electron chi connectivity index (χ2n) is 18.1. The molecule has 0 aliphatic rings. The molecule has 0 saturated carbocycles. The SMILES string of the molecule is C/C=C/CC(C)C(O)C(C(=O)O)N(C)C(=O)C(C)N(C)C(=O)C(C)NC(=O)C(C)N(C)C(=O)C(C)NC(=O)C(C)NC(=O)C(C)N(C)C(=O)C(C)NC(=O)[C@H](C)N(C)C(=O)CN(C)C(=O)C(NP)C(C)O. The number of rotatable bonds is 27. The first kappa shape index (κ1) is 65.2. The van der Waals surface area contributed by atoms with E-state index in [9.17, 15) is 68.1 Å². The highest BCUT2D eigenvalue weighted by Gasteiger charge is 2.40. The Morgan fingerprint density at radius 3 is 1.24 bits per heavy atom. The Kier molecular flexibility index (Phi) is 27.1. The second kappa shape index (κ2) is 29.5. The maximum Gasteiger partial charge on any atom is 0.329 e. The first-order valence-electron chi connectivity index (χ1n) is 23.1. The summed E-state index contributed by atoms with van der Waals surface area (Å²) < 4.78 is 0. The highest BCUT2D eigenvalue weighted by Crippen LogP contribution is 2.19. The molecule has 0 radical (unpaired) electrons. The highest BCUT2D eigenvalue weighted by atomic mass is 31.0. The van der Waals surface area contributed by atoms with Crippen LogP contribution in [0.3, 0.4) is 0 Å². The molecule has 71 heavy (non-hydrogen) atoms. The lowest BCUT2D eigenvalue weighted by Gasteiger charge is -2.35. The van der Waals surface area contributed by atoms with Gasteiger partial charge in [-0.05, 0) is 81.6 Å². The van der Waals surface area contributed by atoms with Gasteiger partial charge in [-0.3, -0.25) is 53.0 Å². The lowest BCUT2D eigenvalue weighted by molar-refractivity contribution is -0.158. The Bertz CT molecular complexity index is 1960. The van der Waals surface area contributed by atoms with E-state index in [0.717, 1.165) is 29.4 Å². The zero-order valence-electron chi connectivity index (χ0n) is 44.2. The van der Waals surface area contributed by atoms with E-state index in [1.807, 2.05) is 0 Å². The molecule has 0 aromatic carbocycles. The minimum absolute atomic E-state index is 0.364. The zero-order valence-corrected chi connectivity index (χ0v) is 45.3. The van der Waals surface area contributed by atoms with Gasteiger partial charge in [-0.25, -0.2) is 4.79 Å². The summed E-state index contributed by atoms with van der Waals surface area (Å²) in [5.41, 5.74) is 0. The van der Waals surface area contributed by atoms with Crippen LogP contribution < -0.4 is 26.4 Å². The normalized spacial score (nSPS) is 16.8. The highest BCUT2D eigenvalue weighted by molar-refractivity contribution is 7.13. The van der Waals surface area contributed by atoms with E-state index >= 15 is 0 Å². The standard InChI is InChI=1S/C45H80N11O14P/c1-18-19-20-22(2)35(59)34(45(69)70)56(17)43(67)30(10)55(16)42(66)26(6)49-39(63)29(9)54(15)40(64)24(4)47-36(60)23(3)46-38(62)28(8)53(14)41(65)25(5)48-37(61)27(7)52(13)32(58)21-51(12)44(68)33(50-71)31(11)57/h18-19,22-31,33-35,50,57,59H,20-21,71H2,1-17H3,(H,46,62)(H,47,60)(H,48,61)(H,49,63)(H,69,70)/b19-18+/t22?,23?,24?,25?,26?,27-,28?,29?,30?,31?,33?,34?,35?/m0/s1. The first-order valence-corrected chi connectivity index (χ1v) is 23.7. The number of carboxylic acid groups (broad SMARTS) is 1. The molecule has 404 valence electrons. The summed E-state index contributed by atoms with van der Waals surface area (Å²) in [7, 11) is 9.94. The van der Waals surface area contributed by atoms with Crippen LogP contribution in [0.25, 0.3) is 0 Å². The fraction of sp³-hybridized carbons (Fsp3) is 0.711. The number of carboxylic acids is 1. The average molecular weight is 1030 g/mol. The minimum atomic E-state index is -1.61. The number of aliphatic hydroxyl groups is 2. The summed E-state index contributed by atoms with van der Waals surface area (Å²) in [4.78, 5) is 150. The van der Waals surface area contributed by atoms with Gasteiger partial charge in [0.1, 0.15) is 54.4 Å². The monoisotopic (exact) mass is 1030 g/mol. The Balaban J connectivity index is 5.43. The number of nitrogens with one attached hydrogen (secondary N) is 5. The molecule has 8 N–H and O–H groups in total. The summed E-state index contributed by atoms with van der Waals surface area (Å²) in [6, 6.07) is -12.1. The van der Waals surface area contributed by atoms with E-state index in [1.165, 1.54) is 105 Å². The van der Waals surface area contributed by atoms with Crippen LogP contribution in [0.1, 0.15) is 82.6 Å². The number of carbonyl (C=O) groups is 11. The minimum Gasteiger partial charge on any atom is -0.480 e. The molecule has 0 aliphatic carbocycles. The number of aliphatic hydroxyl groups excluding tert-OH is 2. The third kappa shape index (κ3) is 18.4. The first-order chi connectivity index (χ1) is 32.6. The van der Waals surface area contributed by atoms with Crippen LogP contribution in [0.2, 0.25) is 0 Å². The zero-order chi connectivity index (χ0) is 55.7. The average Bonchev–Trinajstić information content (AvgIpc) is 3.31. The van der Waals surface area contributed by atoms with Crippen LogP contribution in [0.15, 0.2) is 12.2 Å². The van der Waals surface area contributed by atoms with Crippen LogP contribution in [0.5, 0.6) is 0 Å². The molecule has 0 bridgehead atoms. The second-order valence-corrected chi connectivity index (χ2v) is 18.4. The Morgan fingerprint density at radius 2 is 0.873 bits per heavy atom. The van der Waals surface area contributed by atoms with Crippen molar-refractivity contribution in [3.05, 3.63) is 12.2 Å². The fourth-order valence-corrected chi connectivity index (χ4v) is 7.23. The van der Waals surface area contributed by atoms with Gasteiger partial charge in [0.15, 0.2) is 6.04 Å². The largest absolute Gasteiger partial charge is 0.480 e. The predicted octanol–water partition coefficient (Wildman–Crippen LogP) is -3.14. The van der Waals surface area contributed by atoms with Crippen molar-refractivity contribution in [2.24, 2.45) is 5.92 Å². The molecule has 0 aromatic heterocycles. The van der Waals surface area contributed by atoms with E-state index in [2.05, 4.69) is 35.7 Å². The number of hydrogen-bond donors (Lipinski definition) is 8. The van der Waals surface area contributed by atoms with E-state index in [-0.39, 0.29) is 0 Å². The molecule has 0 heterocycles. The topological polar surface area (TPSA) is 328 Å². The van der Waals surface area contributed by atoms with Gasteiger partial charge in [0, 0.05) is 42.3 Å². The third-order valence-corrected chi connectivity index (χ3v) is 12.9. The quantitative estimate of drug-likeness (QED) is 0.0298. The summed E-state index contributed by atoms with van der Waals surface area (Å²) in [5.74, 6) is -9.04. The Hall–Kier alpha value is -5.78. The van der Waals surface area contributed by atoms with E-state index in [4.69, 9.17) is 0 Å². The van der Waals surface area contributed by atoms with Crippen LogP contribution in [-0.4, -0.2) is 231 Å². The lowest BCUT2D eigenvalue weighted by atomic mass is 9.93. The molecule has 25 nitrogen and oxygen atoms in total. The summed E-state index contributed by atoms with van der Waals surface area (Å²) in [6.07, 6.45) is 1.40. The smallest absolute Gasteiger partial charge is 0.329 e. The lowest BCUT2D eigenvalue weighted by Crippen LogP contribution is -2.59. The van der Waals surface area contributed by atoms with Gasteiger partial charge >= 0.3 is 5.97 Å². The maximum absolute atomic E-state index is 13.4. The van der Waals surface area contributed by atoms with Gasteiger partial charge in [-0.2, -0.15) is 0 Å². The van der Waals surface area contributed by atoms with Gasteiger partial charge in [0.05, 0.1) is 18.8 Å². The number of carbonyl (C=O) groups excluding carboxylic acids is 10. The molecular formula is C45H80N11O14P. The van der Waals surface area contributed by atoms with Crippen molar-refractivity contribution >= 4 is 74.4 Å². The number of hydrogen-bond acceptors (Lipinski definition) is 14. The van der Waals surface area contributed by atoms with E-state index in [0.29, 0.717) is 6.42 Å². The van der Waals surface area contributed by atoms with Gasteiger partial charge in [0.25, 0.3) is 0 Å². The molecule has 0 spiro atoms. The van der Waals surface area contributed by atoms with Crippen LogP contribution in [-0.2, 0) is 52.7 Å². The van der Waals surface area contributed by atoms with Gasteiger partial charge in [-0.1, -0.05) is 28.5 Å². The fourth-order valence-electron chi connectivity index (χ4n) is 6.81. The molecule has 26 heteroatoms. The number of allylic oxidation sites excluding steroid dienone is 2. The molecule has 0 aliphatic heterocycles. The summed E-state index contributed by atoms with van der Waals surface area (Å²) in [5, 5.41) is 43.0. The van der Waals surface area contributed by atoms with E-state index in [1.54, 1.807) is 26.0 Å². The molecule has 13 unspecified atom stereocenters. The van der Waals surface area contributed by atoms with Crippen LogP contribution in [0.4, 0.5) is 0 Å². The molecular weight excluding hydrogens is 950 g/mol. The summed E-state index contributed by atoms with van der Waals surface area (Å²) in [6.45, 7) is 15.4. The molecule has 0 fully saturated rings. The van der Waals surface area contributed by atoms with Crippen molar-refractivity contribution in [3.8, 4) is 0 Å². The van der Waals surface area contributed by atoms with Gasteiger partial charge in [-0.15, -0.1) is 0 Å². The van der Waals surface area contributed by atoms with Crippen molar-refractivity contribution in [2.45, 2.75) is 155 Å². The van der Waals surface area contributed by atoms with E-state index < -0.39 is 150 Å². The number of likely N-dealkylation sites (N-methyl/N-ethyl adjacent to an activating group) is 6. The van der Waals surface area contributed by atoms with Gasteiger partial charge < -0.3 is 66.0 Å². The molecule has 0 saturated heterocycles. The molecule has 0 rings (SSSR count). The van der Waals surface area contributed by atoms with Gasteiger partial charge in [0.2, 0.25) is 59.1 Å². The Morgan fingerprint density at radius 1 is 0.507 bits per heavy atom. The summed E-state index contributed by atoms with van der Waals surface area (Å²) >= 11 is 0. The third-order valence-electron chi connectivity index (χ3n) is 12.5. The number of aliphatic carboxylic acids is 1. The van der Waals surface area contributed by atoms with Crippen molar-refractivity contribution in [1.82, 2.24) is 55.8 Å². The molecule has 14 atom stereocenters. The van der Waals surface area contributed by atoms with Crippen molar-refractivity contribution < 1.29 is 68.1 Å². The van der Waals surface area contributed by atoms with Crippen molar-refractivity contribution in [3.63, 3.8) is 0 Å². The number of nitrogens with zero attached hydrogens (tertiary/aromatic N) is 6. The van der Waals surface area contributed by atoms with Crippen molar-refractivity contribution in [1.29, 1.82) is 0 Å². The maximum atomic E-state index is 13.4. The predicted molar refractivity (Wildman–Crippen MR) is 264 cm³/mol. The van der Waals surface area contributed by atoms with Crippen LogP contribution >= 0.6 is 9.39 Å². The number of amides is 10. The van der Waals surface area contributed by atoms with Crippen molar-refractivity contribution in [2.75, 3.05) is 48.8 Å². The molecule has 10 amide bonds. The molecule has 0 aromatic rings.